The molecule has 1 aromatic carbocycles. The molecule has 1 heterocycles. The van der Waals surface area contributed by atoms with Crippen molar-refractivity contribution >= 4 is 11.6 Å². The van der Waals surface area contributed by atoms with Gasteiger partial charge in [0.05, 0.1) is 6.61 Å². The van der Waals surface area contributed by atoms with Crippen LogP contribution in [0.25, 0.3) is 0 Å². The fourth-order valence-electron chi connectivity index (χ4n) is 2.59. The average Bonchev–Trinajstić information content (AvgIpc) is 2.60. The topological polar surface area (TPSA) is 84.1 Å². The number of hydrogen-bond donors (Lipinski definition) is 1. The number of amides is 1. The number of nitriles is 1. The molecule has 1 N–H and O–H groups in total. The highest BCUT2D eigenvalue weighted by molar-refractivity contribution is 5.90. The molecule has 0 unspecified atom stereocenters. The molecule has 6 heteroatoms. The first kappa shape index (κ1) is 18.4. The Bertz CT molecular complexity index is 861. The van der Waals surface area contributed by atoms with Crippen molar-refractivity contribution in [3.8, 4) is 6.07 Å². The van der Waals surface area contributed by atoms with Gasteiger partial charge in [-0.15, -0.1) is 0 Å². The lowest BCUT2D eigenvalue weighted by Gasteiger charge is -2.13. The van der Waals surface area contributed by atoms with Crippen molar-refractivity contribution < 1.29 is 9.53 Å². The number of hydrogen-bond acceptors (Lipinski definition) is 4. The zero-order valence-electron chi connectivity index (χ0n) is 14.6. The fraction of sp³-hybridized carbons (Fsp3) is 0.316. The van der Waals surface area contributed by atoms with E-state index in [1.165, 1.54) is 17.2 Å². The molecule has 0 radical (unpaired) electrons. The van der Waals surface area contributed by atoms with Crippen LogP contribution in [0.2, 0.25) is 0 Å². The zero-order valence-corrected chi connectivity index (χ0v) is 14.6. The van der Waals surface area contributed by atoms with Crippen molar-refractivity contribution in [3.05, 3.63) is 63.1 Å². The summed E-state index contributed by atoms with van der Waals surface area (Å²) in [5.74, 6) is -0.321. The molecular weight excluding hydrogens is 318 g/mol. The van der Waals surface area contributed by atoms with Crippen molar-refractivity contribution in [2.75, 3.05) is 12.4 Å². The van der Waals surface area contributed by atoms with E-state index in [2.05, 4.69) is 12.2 Å². The number of ether oxygens (including phenoxy) is 1. The van der Waals surface area contributed by atoms with E-state index in [9.17, 15) is 14.9 Å². The molecule has 0 aliphatic heterocycles. The first-order chi connectivity index (χ1) is 12.0. The van der Waals surface area contributed by atoms with Crippen LogP contribution in [-0.2, 0) is 29.1 Å². The van der Waals surface area contributed by atoms with Gasteiger partial charge in [0.15, 0.2) is 0 Å². The minimum Gasteiger partial charge on any atom is -0.380 e. The number of rotatable bonds is 6. The van der Waals surface area contributed by atoms with Gasteiger partial charge in [-0.05, 0) is 37.1 Å². The Hall–Kier alpha value is -2.91. The molecule has 0 fully saturated rings. The molecule has 0 saturated heterocycles. The van der Waals surface area contributed by atoms with Gasteiger partial charge in [-0.25, -0.2) is 0 Å². The second-order valence-corrected chi connectivity index (χ2v) is 5.72. The van der Waals surface area contributed by atoms with E-state index in [-0.39, 0.29) is 24.6 Å². The highest BCUT2D eigenvalue weighted by atomic mass is 16.5. The number of carbonyl (C=O) groups excluding carboxylic acids is 1. The Balaban J connectivity index is 2.22. The first-order valence-corrected chi connectivity index (χ1v) is 8.01. The van der Waals surface area contributed by atoms with Crippen LogP contribution in [-0.4, -0.2) is 17.6 Å². The Morgan fingerprint density at radius 3 is 2.56 bits per heavy atom. The highest BCUT2D eigenvalue weighted by Gasteiger charge is 2.15. The summed E-state index contributed by atoms with van der Waals surface area (Å²) in [7, 11) is 1.50. The molecule has 25 heavy (non-hydrogen) atoms. The largest absolute Gasteiger partial charge is 0.380 e. The molecule has 130 valence electrons. The van der Waals surface area contributed by atoms with Crippen LogP contribution in [0.5, 0.6) is 0 Å². The van der Waals surface area contributed by atoms with Gasteiger partial charge in [0.2, 0.25) is 5.91 Å². The number of anilines is 1. The third-order valence-corrected chi connectivity index (χ3v) is 3.95. The molecule has 0 spiro atoms. The predicted molar refractivity (Wildman–Crippen MR) is 95.3 cm³/mol. The molecule has 0 aliphatic rings. The van der Waals surface area contributed by atoms with Crippen LogP contribution in [0.1, 0.15) is 29.3 Å². The number of pyridine rings is 1. The summed E-state index contributed by atoms with van der Waals surface area (Å²) < 4.78 is 6.32. The Morgan fingerprint density at radius 2 is 2.00 bits per heavy atom. The van der Waals surface area contributed by atoms with E-state index in [1.807, 2.05) is 30.3 Å². The highest BCUT2D eigenvalue weighted by Crippen LogP contribution is 2.11. The third-order valence-electron chi connectivity index (χ3n) is 3.95. The van der Waals surface area contributed by atoms with Gasteiger partial charge >= 0.3 is 0 Å². The third kappa shape index (κ3) is 4.34. The van der Waals surface area contributed by atoms with Crippen LogP contribution in [0, 0.1) is 18.3 Å². The van der Waals surface area contributed by atoms with Crippen LogP contribution < -0.4 is 10.9 Å². The summed E-state index contributed by atoms with van der Waals surface area (Å²) in [5.41, 5.74) is 2.51. The normalized spacial score (nSPS) is 10.3. The molecule has 0 bridgehead atoms. The number of aryl methyl sites for hydroxylation is 2. The Morgan fingerprint density at radius 1 is 1.32 bits per heavy atom. The van der Waals surface area contributed by atoms with Gasteiger partial charge in [-0.1, -0.05) is 19.1 Å². The van der Waals surface area contributed by atoms with Crippen LogP contribution >= 0.6 is 0 Å². The summed E-state index contributed by atoms with van der Waals surface area (Å²) in [4.78, 5) is 24.8. The molecule has 0 aliphatic carbocycles. The smallest absolute Gasteiger partial charge is 0.269 e. The molecule has 0 atom stereocenters. The number of nitrogens with one attached hydrogen (secondary N) is 1. The van der Waals surface area contributed by atoms with Crippen molar-refractivity contribution in [2.45, 2.75) is 33.4 Å². The van der Waals surface area contributed by atoms with Gasteiger partial charge in [0.1, 0.15) is 18.2 Å². The molecule has 2 rings (SSSR count). The van der Waals surface area contributed by atoms with Crippen LogP contribution in [0.4, 0.5) is 5.69 Å². The number of nitrogens with zero attached hydrogens (tertiary/aromatic N) is 2. The number of methoxy groups -OCH3 is 1. The molecule has 0 saturated carbocycles. The van der Waals surface area contributed by atoms with E-state index in [0.29, 0.717) is 16.9 Å². The van der Waals surface area contributed by atoms with E-state index in [4.69, 9.17) is 4.74 Å². The standard InChI is InChI=1S/C19H21N3O3/c1-4-14-5-7-16(8-6-14)21-18(23)11-22-13(2)9-15(12-25-3)17(10-20)19(22)24/h5-9H,4,11-12H2,1-3H3,(H,21,23). The zero-order chi connectivity index (χ0) is 18.4. The maximum absolute atomic E-state index is 12.5. The average molecular weight is 339 g/mol. The minimum absolute atomic E-state index is 0.00699. The van der Waals surface area contributed by atoms with E-state index in [0.717, 1.165) is 6.42 Å². The molecule has 2 aromatic rings. The fourth-order valence-corrected chi connectivity index (χ4v) is 2.59. The van der Waals surface area contributed by atoms with Gasteiger partial charge < -0.3 is 14.6 Å². The summed E-state index contributed by atoms with van der Waals surface area (Å²) >= 11 is 0. The second-order valence-electron chi connectivity index (χ2n) is 5.72. The molecule has 1 aromatic heterocycles. The quantitative estimate of drug-likeness (QED) is 0.876. The Kier molecular flexibility index (Phi) is 6.09. The van der Waals surface area contributed by atoms with Gasteiger partial charge in [-0.3, -0.25) is 9.59 Å². The maximum atomic E-state index is 12.5. The van der Waals surface area contributed by atoms with Crippen molar-refractivity contribution in [1.29, 1.82) is 5.26 Å². The summed E-state index contributed by atoms with van der Waals surface area (Å²) in [6, 6.07) is 11.2. The number of carbonyl (C=O) groups is 1. The second kappa shape index (κ2) is 8.27. The lowest BCUT2D eigenvalue weighted by Crippen LogP contribution is -2.31. The van der Waals surface area contributed by atoms with Crippen LogP contribution in [0.3, 0.4) is 0 Å². The summed E-state index contributed by atoms with van der Waals surface area (Å²) in [5, 5.41) is 12.0. The lowest BCUT2D eigenvalue weighted by molar-refractivity contribution is -0.116. The predicted octanol–water partition coefficient (Wildman–Crippen LogP) is 2.38. The van der Waals surface area contributed by atoms with Crippen LogP contribution in [0.15, 0.2) is 35.1 Å². The lowest BCUT2D eigenvalue weighted by atomic mass is 10.1. The van der Waals surface area contributed by atoms with Crippen molar-refractivity contribution in [1.82, 2.24) is 4.57 Å². The summed E-state index contributed by atoms with van der Waals surface area (Å²) in [6.45, 7) is 3.81. The van der Waals surface area contributed by atoms with Crippen molar-refractivity contribution in [2.24, 2.45) is 0 Å². The van der Waals surface area contributed by atoms with E-state index >= 15 is 0 Å². The molecular formula is C19H21N3O3. The van der Waals surface area contributed by atoms with Gasteiger partial charge in [0.25, 0.3) is 5.56 Å². The SMILES string of the molecule is CCc1ccc(NC(=O)Cn2c(C)cc(COC)c(C#N)c2=O)cc1. The van der Waals surface area contributed by atoms with E-state index in [1.54, 1.807) is 13.0 Å². The van der Waals surface area contributed by atoms with Gasteiger partial charge in [-0.2, -0.15) is 5.26 Å². The molecule has 1 amide bonds. The number of aromatic nitrogens is 1. The van der Waals surface area contributed by atoms with Gasteiger partial charge in [0, 0.05) is 24.1 Å². The number of benzene rings is 1. The first-order valence-electron chi connectivity index (χ1n) is 8.01. The van der Waals surface area contributed by atoms with Crippen molar-refractivity contribution in [3.63, 3.8) is 0 Å². The minimum atomic E-state index is -0.481. The summed E-state index contributed by atoms with van der Waals surface area (Å²) in [6.07, 6.45) is 0.924. The monoisotopic (exact) mass is 339 g/mol. The van der Waals surface area contributed by atoms with E-state index < -0.39 is 5.56 Å². The molecule has 6 nitrogen and oxygen atoms in total. The maximum Gasteiger partial charge on any atom is 0.269 e. The Labute approximate surface area is 146 Å².